The number of ether oxygens (including phenoxy) is 2. The van der Waals surface area contributed by atoms with E-state index in [9.17, 15) is 34.4 Å². The SMILES string of the molecule is COc1cc2ncc(-c3cc(F)c(OC)c(NS(=O)(=O)CC(F)(F)F)c3)n2cc1S(=O)(=O)C(C)(C)C. The van der Waals surface area contributed by atoms with Crippen LogP contribution in [0.15, 0.2) is 35.5 Å². The number of hydrogen-bond acceptors (Lipinski definition) is 7. The summed E-state index contributed by atoms with van der Waals surface area (Å²) in [5.41, 5.74) is -0.265. The third kappa shape index (κ3) is 5.36. The van der Waals surface area contributed by atoms with Crippen LogP contribution in [0.3, 0.4) is 0 Å². The minimum atomic E-state index is -5.04. The number of imidazole rings is 1. The maximum atomic E-state index is 14.8. The molecule has 1 aromatic carbocycles. The van der Waals surface area contributed by atoms with Gasteiger partial charge in [0.1, 0.15) is 16.3 Å². The molecule has 198 valence electrons. The second-order valence-corrected chi connectivity index (χ2v) is 13.1. The Morgan fingerprint density at radius 2 is 1.67 bits per heavy atom. The van der Waals surface area contributed by atoms with Crippen molar-refractivity contribution in [1.82, 2.24) is 9.38 Å². The quantitative estimate of drug-likeness (QED) is 0.439. The van der Waals surface area contributed by atoms with Crippen molar-refractivity contribution < 1.29 is 43.9 Å². The molecule has 0 amide bonds. The highest BCUT2D eigenvalue weighted by atomic mass is 32.2. The fourth-order valence-corrected chi connectivity index (χ4v) is 5.64. The van der Waals surface area contributed by atoms with Crippen molar-refractivity contribution >= 4 is 31.2 Å². The highest BCUT2D eigenvalue weighted by Crippen LogP contribution is 2.37. The van der Waals surface area contributed by atoms with Gasteiger partial charge in [-0.25, -0.2) is 26.2 Å². The van der Waals surface area contributed by atoms with E-state index < -0.39 is 53.8 Å². The molecule has 0 fully saturated rings. The fraction of sp³-hybridized carbons (Fsp3) is 0.381. The molecule has 1 N–H and O–H groups in total. The molecule has 0 aliphatic rings. The fourth-order valence-electron chi connectivity index (χ4n) is 3.34. The molecule has 0 radical (unpaired) electrons. The van der Waals surface area contributed by atoms with Crippen LogP contribution in [0.1, 0.15) is 20.8 Å². The predicted molar refractivity (Wildman–Crippen MR) is 124 cm³/mol. The summed E-state index contributed by atoms with van der Waals surface area (Å²) in [6, 6.07) is 3.36. The Morgan fingerprint density at radius 3 is 2.19 bits per heavy atom. The molecule has 36 heavy (non-hydrogen) atoms. The van der Waals surface area contributed by atoms with E-state index in [2.05, 4.69) is 4.98 Å². The van der Waals surface area contributed by atoms with Gasteiger partial charge in [0.05, 0.1) is 36.5 Å². The first-order valence-corrected chi connectivity index (χ1v) is 13.3. The smallest absolute Gasteiger partial charge is 0.404 e. The molecule has 0 spiro atoms. The molecule has 0 unspecified atom stereocenters. The lowest BCUT2D eigenvalue weighted by Gasteiger charge is -2.21. The molecule has 2 heterocycles. The first-order valence-electron chi connectivity index (χ1n) is 10.1. The number of fused-ring (bicyclic) bond motifs is 1. The molecule has 3 aromatic rings. The number of nitrogens with zero attached hydrogens (tertiary/aromatic N) is 2. The predicted octanol–water partition coefficient (Wildman–Crippen LogP) is 4.03. The normalized spacial score (nSPS) is 13.1. The molecule has 0 bridgehead atoms. The number of rotatable bonds is 7. The van der Waals surface area contributed by atoms with Crippen LogP contribution >= 0.6 is 0 Å². The minimum absolute atomic E-state index is 0.0187. The number of anilines is 1. The van der Waals surface area contributed by atoms with Crippen molar-refractivity contribution in [3.63, 3.8) is 0 Å². The van der Waals surface area contributed by atoms with E-state index in [1.807, 2.05) is 0 Å². The number of benzene rings is 1. The van der Waals surface area contributed by atoms with Gasteiger partial charge in [-0.3, -0.25) is 9.12 Å². The molecule has 2 aromatic heterocycles. The Morgan fingerprint density at radius 1 is 1.03 bits per heavy atom. The van der Waals surface area contributed by atoms with Crippen molar-refractivity contribution in [3.8, 4) is 22.8 Å². The van der Waals surface area contributed by atoms with Crippen LogP contribution in [-0.2, 0) is 19.9 Å². The highest BCUT2D eigenvalue weighted by Gasteiger charge is 2.36. The van der Waals surface area contributed by atoms with E-state index in [1.165, 1.54) is 50.7 Å². The largest absolute Gasteiger partial charge is 0.495 e. The maximum Gasteiger partial charge on any atom is 0.404 e. The number of sulfone groups is 1. The zero-order chi connectivity index (χ0) is 27.3. The summed E-state index contributed by atoms with van der Waals surface area (Å²) in [6.45, 7) is 4.50. The molecule has 0 saturated carbocycles. The summed E-state index contributed by atoms with van der Waals surface area (Å²) < 4.78 is 115. The van der Waals surface area contributed by atoms with E-state index in [0.29, 0.717) is 0 Å². The summed E-state index contributed by atoms with van der Waals surface area (Å²) in [4.78, 5) is 3.98. The standard InChI is InChI=1S/C21H23F4N3O6S2/c1-20(2,3)36(31,32)17-10-28-15(9-26-18(28)8-16(17)33-4)12-6-13(22)19(34-5)14(7-12)27-35(29,30)11-21(23,24)25/h6-10,27H,11H2,1-5H3. The zero-order valence-electron chi connectivity index (χ0n) is 19.8. The third-order valence-electron chi connectivity index (χ3n) is 5.05. The van der Waals surface area contributed by atoms with Gasteiger partial charge < -0.3 is 9.47 Å². The average molecular weight is 554 g/mol. The maximum absolute atomic E-state index is 14.8. The van der Waals surface area contributed by atoms with E-state index in [-0.39, 0.29) is 27.5 Å². The van der Waals surface area contributed by atoms with Gasteiger partial charge >= 0.3 is 6.18 Å². The summed E-state index contributed by atoms with van der Waals surface area (Å²) in [7, 11) is -6.58. The molecule has 15 heteroatoms. The van der Waals surface area contributed by atoms with Crippen molar-refractivity contribution in [2.24, 2.45) is 0 Å². The van der Waals surface area contributed by atoms with Gasteiger partial charge in [-0.1, -0.05) is 0 Å². The van der Waals surface area contributed by atoms with Crippen LogP contribution in [0, 0.1) is 5.82 Å². The zero-order valence-corrected chi connectivity index (χ0v) is 21.4. The number of nitrogens with one attached hydrogen (secondary N) is 1. The first-order chi connectivity index (χ1) is 16.4. The Bertz CT molecular complexity index is 1530. The third-order valence-corrected chi connectivity index (χ3v) is 8.79. The molecule has 0 atom stereocenters. The number of alkyl halides is 3. The van der Waals surface area contributed by atoms with Crippen molar-refractivity contribution in [1.29, 1.82) is 0 Å². The van der Waals surface area contributed by atoms with Crippen molar-refractivity contribution in [2.45, 2.75) is 36.6 Å². The van der Waals surface area contributed by atoms with Crippen LogP contribution in [0.2, 0.25) is 0 Å². The summed E-state index contributed by atoms with van der Waals surface area (Å²) in [6.07, 6.45) is -2.55. The van der Waals surface area contributed by atoms with E-state index in [1.54, 1.807) is 4.72 Å². The van der Waals surface area contributed by atoms with Crippen molar-refractivity contribution in [3.05, 3.63) is 36.4 Å². The van der Waals surface area contributed by atoms with Gasteiger partial charge in [0.25, 0.3) is 0 Å². The minimum Gasteiger partial charge on any atom is -0.495 e. The number of sulfonamides is 1. The van der Waals surface area contributed by atoms with Gasteiger partial charge in [-0.2, -0.15) is 13.2 Å². The average Bonchev–Trinajstić information content (AvgIpc) is 3.12. The lowest BCUT2D eigenvalue weighted by Crippen LogP contribution is -2.28. The number of pyridine rings is 1. The second-order valence-electron chi connectivity index (χ2n) is 8.71. The number of methoxy groups -OCH3 is 2. The molecule has 3 rings (SSSR count). The number of hydrogen-bond donors (Lipinski definition) is 1. The Kier molecular flexibility index (Phi) is 6.96. The molecular weight excluding hydrogens is 530 g/mol. The number of aromatic nitrogens is 2. The lowest BCUT2D eigenvalue weighted by molar-refractivity contribution is -0.106. The van der Waals surface area contributed by atoms with E-state index in [0.717, 1.165) is 19.2 Å². The molecule has 0 saturated heterocycles. The summed E-state index contributed by atoms with van der Waals surface area (Å²) in [5, 5.41) is 0. The van der Waals surface area contributed by atoms with Gasteiger partial charge in [0.2, 0.25) is 10.0 Å². The topological polar surface area (TPSA) is 116 Å². The highest BCUT2D eigenvalue weighted by molar-refractivity contribution is 7.93. The Hall–Kier alpha value is -3.07. The molecule has 9 nitrogen and oxygen atoms in total. The van der Waals surface area contributed by atoms with Crippen LogP contribution in [-0.4, -0.2) is 57.1 Å². The van der Waals surface area contributed by atoms with Gasteiger partial charge in [-0.15, -0.1) is 0 Å². The first kappa shape index (κ1) is 27.5. The van der Waals surface area contributed by atoms with E-state index in [4.69, 9.17) is 9.47 Å². The second kappa shape index (κ2) is 9.10. The monoisotopic (exact) mass is 553 g/mol. The van der Waals surface area contributed by atoms with Crippen LogP contribution in [0.25, 0.3) is 16.9 Å². The Labute approximate surface area is 205 Å². The number of halogens is 4. The molecule has 0 aliphatic heterocycles. The molecule has 0 aliphatic carbocycles. The van der Waals surface area contributed by atoms with Gasteiger partial charge in [0, 0.05) is 17.8 Å². The lowest BCUT2D eigenvalue weighted by atomic mass is 10.1. The summed E-state index contributed by atoms with van der Waals surface area (Å²) >= 11 is 0. The van der Waals surface area contributed by atoms with Crippen molar-refractivity contribution in [2.75, 3.05) is 24.7 Å². The Balaban J connectivity index is 2.23. The molecular formula is C21H23F4N3O6S2. The van der Waals surface area contributed by atoms with Crippen LogP contribution in [0.4, 0.5) is 23.2 Å². The van der Waals surface area contributed by atoms with Crippen LogP contribution < -0.4 is 14.2 Å². The van der Waals surface area contributed by atoms with Crippen LogP contribution in [0.5, 0.6) is 11.5 Å². The van der Waals surface area contributed by atoms with E-state index >= 15 is 0 Å². The van der Waals surface area contributed by atoms with Gasteiger partial charge in [-0.05, 0) is 32.9 Å². The van der Waals surface area contributed by atoms with Gasteiger partial charge in [0.15, 0.2) is 27.2 Å². The summed E-state index contributed by atoms with van der Waals surface area (Å²) in [5.74, 6) is -3.88.